The van der Waals surface area contributed by atoms with E-state index in [2.05, 4.69) is 26.0 Å². The second kappa shape index (κ2) is 42.1. The lowest BCUT2D eigenvalue weighted by molar-refractivity contribution is -0.161. The normalized spacial score (nSPS) is 12.1. The number of unbranched alkanes of at least 4 members (excludes halogenated alkanes) is 31. The molecule has 50 heavy (non-hydrogen) atoms. The summed E-state index contributed by atoms with van der Waals surface area (Å²) in [6.45, 7) is 4.09. The van der Waals surface area contributed by atoms with Crippen LogP contribution in [0, 0.1) is 0 Å². The van der Waals surface area contributed by atoms with Crippen molar-refractivity contribution in [1.29, 1.82) is 0 Å². The van der Waals surface area contributed by atoms with Gasteiger partial charge < -0.3 is 14.6 Å². The van der Waals surface area contributed by atoms with Crippen LogP contribution in [0.15, 0.2) is 12.2 Å². The van der Waals surface area contributed by atoms with Crippen LogP contribution >= 0.6 is 0 Å². The van der Waals surface area contributed by atoms with Crippen LogP contribution in [-0.4, -0.2) is 36.4 Å². The molecule has 1 unspecified atom stereocenters. The fourth-order valence-corrected chi connectivity index (χ4v) is 6.68. The first-order valence-electron chi connectivity index (χ1n) is 22.2. The van der Waals surface area contributed by atoms with Crippen molar-refractivity contribution in [2.75, 3.05) is 13.2 Å². The van der Waals surface area contributed by atoms with Crippen LogP contribution < -0.4 is 0 Å². The molecule has 0 spiro atoms. The summed E-state index contributed by atoms with van der Waals surface area (Å²) in [4.78, 5) is 24.2. The van der Waals surface area contributed by atoms with E-state index in [1.54, 1.807) is 0 Å². The number of ether oxygens (including phenoxy) is 2. The van der Waals surface area contributed by atoms with Gasteiger partial charge in [-0.25, -0.2) is 0 Å². The number of rotatable bonds is 41. The molecule has 5 nitrogen and oxygen atoms in total. The fraction of sp³-hybridized carbons (Fsp3) is 0.911. The summed E-state index contributed by atoms with van der Waals surface area (Å²) in [6, 6.07) is 0. The summed E-state index contributed by atoms with van der Waals surface area (Å²) in [6.07, 6.45) is 48.8. The SMILES string of the molecule is CCC/C=C\CCCCCCCC(=O)OC(CO)COC(=O)CCCCCCCCCCCCCCCCCCCCCCCCCCCC. The highest BCUT2D eigenvalue weighted by Gasteiger charge is 2.16. The summed E-state index contributed by atoms with van der Waals surface area (Å²) >= 11 is 0. The Bertz CT molecular complexity index is 720. The third-order valence-corrected chi connectivity index (χ3v) is 10.0. The second-order valence-electron chi connectivity index (χ2n) is 15.1. The van der Waals surface area contributed by atoms with Gasteiger partial charge in [0.1, 0.15) is 6.61 Å². The maximum absolute atomic E-state index is 12.1. The quantitative estimate of drug-likeness (QED) is 0.0389. The minimum atomic E-state index is -0.768. The summed E-state index contributed by atoms with van der Waals surface area (Å²) in [5.41, 5.74) is 0. The topological polar surface area (TPSA) is 72.8 Å². The molecule has 0 aliphatic heterocycles. The smallest absolute Gasteiger partial charge is 0.306 e. The minimum absolute atomic E-state index is 0.0634. The Morgan fingerprint density at radius 1 is 0.440 bits per heavy atom. The van der Waals surface area contributed by atoms with Crippen LogP contribution in [0.25, 0.3) is 0 Å². The zero-order valence-corrected chi connectivity index (χ0v) is 33.7. The van der Waals surface area contributed by atoms with Gasteiger partial charge in [0.15, 0.2) is 6.10 Å². The van der Waals surface area contributed by atoms with E-state index in [0.717, 1.165) is 44.9 Å². The van der Waals surface area contributed by atoms with Crippen molar-refractivity contribution in [3.05, 3.63) is 12.2 Å². The largest absolute Gasteiger partial charge is 0.462 e. The Labute approximate surface area is 311 Å². The molecule has 0 rings (SSSR count). The summed E-state index contributed by atoms with van der Waals surface area (Å²) < 4.78 is 10.6. The molecule has 0 aromatic heterocycles. The average molecular weight is 707 g/mol. The van der Waals surface area contributed by atoms with Gasteiger partial charge in [0.2, 0.25) is 0 Å². The van der Waals surface area contributed by atoms with Crippen molar-refractivity contribution in [1.82, 2.24) is 0 Å². The molecule has 0 aliphatic carbocycles. The maximum atomic E-state index is 12.1. The molecular formula is C45H86O5. The average Bonchev–Trinajstić information content (AvgIpc) is 3.12. The van der Waals surface area contributed by atoms with E-state index in [-0.39, 0.29) is 25.2 Å². The Hall–Kier alpha value is -1.36. The second-order valence-corrected chi connectivity index (χ2v) is 15.1. The van der Waals surface area contributed by atoms with Crippen molar-refractivity contribution in [2.45, 2.75) is 251 Å². The molecule has 0 aromatic carbocycles. The zero-order valence-electron chi connectivity index (χ0n) is 33.7. The van der Waals surface area contributed by atoms with E-state index < -0.39 is 6.10 Å². The van der Waals surface area contributed by atoms with Crippen LogP contribution in [0.5, 0.6) is 0 Å². The lowest BCUT2D eigenvalue weighted by Crippen LogP contribution is -2.28. The van der Waals surface area contributed by atoms with Gasteiger partial charge in [-0.3, -0.25) is 9.59 Å². The molecule has 0 saturated carbocycles. The number of hydrogen-bond donors (Lipinski definition) is 1. The van der Waals surface area contributed by atoms with E-state index in [9.17, 15) is 14.7 Å². The molecule has 0 saturated heterocycles. The van der Waals surface area contributed by atoms with E-state index in [1.807, 2.05) is 0 Å². The van der Waals surface area contributed by atoms with Crippen molar-refractivity contribution in [3.63, 3.8) is 0 Å². The number of carbonyl (C=O) groups excluding carboxylic acids is 2. The lowest BCUT2D eigenvalue weighted by Gasteiger charge is -2.15. The molecule has 0 amide bonds. The van der Waals surface area contributed by atoms with Crippen molar-refractivity contribution in [2.24, 2.45) is 0 Å². The van der Waals surface area contributed by atoms with Crippen molar-refractivity contribution < 1.29 is 24.2 Å². The first kappa shape index (κ1) is 48.6. The Morgan fingerprint density at radius 3 is 1.16 bits per heavy atom. The molecule has 5 heteroatoms. The molecule has 0 bridgehead atoms. The molecule has 0 heterocycles. The predicted octanol–water partition coefficient (Wildman–Crippen LogP) is 14.1. The van der Waals surface area contributed by atoms with Gasteiger partial charge in [0.05, 0.1) is 6.61 Å². The molecule has 0 radical (unpaired) electrons. The predicted molar refractivity (Wildman–Crippen MR) is 215 cm³/mol. The van der Waals surface area contributed by atoms with Gasteiger partial charge in [-0.05, 0) is 32.1 Å². The third kappa shape index (κ3) is 39.4. The highest BCUT2D eigenvalue weighted by molar-refractivity contribution is 5.70. The third-order valence-electron chi connectivity index (χ3n) is 10.0. The number of allylic oxidation sites excluding steroid dienone is 2. The van der Waals surface area contributed by atoms with E-state index in [0.29, 0.717) is 12.8 Å². The summed E-state index contributed by atoms with van der Waals surface area (Å²) in [5, 5.41) is 9.54. The highest BCUT2D eigenvalue weighted by Crippen LogP contribution is 2.16. The van der Waals surface area contributed by atoms with Crippen LogP contribution in [0.1, 0.15) is 245 Å². The van der Waals surface area contributed by atoms with Crippen molar-refractivity contribution in [3.8, 4) is 0 Å². The van der Waals surface area contributed by atoms with Gasteiger partial charge in [0, 0.05) is 12.8 Å². The van der Waals surface area contributed by atoms with Gasteiger partial charge in [-0.15, -0.1) is 0 Å². The first-order valence-corrected chi connectivity index (χ1v) is 22.2. The summed E-state index contributed by atoms with van der Waals surface area (Å²) in [5.74, 6) is -0.591. The van der Waals surface area contributed by atoms with E-state index in [1.165, 1.54) is 173 Å². The number of hydrogen-bond acceptors (Lipinski definition) is 5. The highest BCUT2D eigenvalue weighted by atomic mass is 16.6. The van der Waals surface area contributed by atoms with E-state index >= 15 is 0 Å². The maximum Gasteiger partial charge on any atom is 0.306 e. The van der Waals surface area contributed by atoms with Gasteiger partial charge >= 0.3 is 11.9 Å². The van der Waals surface area contributed by atoms with Gasteiger partial charge in [-0.1, -0.05) is 212 Å². The molecule has 1 atom stereocenters. The van der Waals surface area contributed by atoms with Crippen molar-refractivity contribution >= 4 is 11.9 Å². The van der Waals surface area contributed by atoms with Gasteiger partial charge in [0.25, 0.3) is 0 Å². The fourth-order valence-electron chi connectivity index (χ4n) is 6.68. The standard InChI is InChI=1S/C45H86O5/c1-3-5-7-9-11-13-15-16-17-18-19-20-21-22-23-24-25-26-27-28-29-30-32-33-35-37-39-44(47)49-42-43(41-46)50-45(48)40-38-36-34-31-14-12-10-8-6-4-2/h8,10,43,46H,3-7,9,11-42H2,1-2H3/b10-8-. The number of esters is 2. The van der Waals surface area contributed by atoms with Crippen LogP contribution in [0.4, 0.5) is 0 Å². The molecule has 296 valence electrons. The van der Waals surface area contributed by atoms with E-state index in [4.69, 9.17) is 9.47 Å². The molecule has 1 N–H and O–H groups in total. The van der Waals surface area contributed by atoms with Crippen LogP contribution in [0.3, 0.4) is 0 Å². The lowest BCUT2D eigenvalue weighted by atomic mass is 10.0. The molecule has 0 aromatic rings. The Balaban J connectivity index is 3.39. The molecular weight excluding hydrogens is 620 g/mol. The van der Waals surface area contributed by atoms with Gasteiger partial charge in [-0.2, -0.15) is 0 Å². The molecule has 0 aliphatic rings. The summed E-state index contributed by atoms with van der Waals surface area (Å²) in [7, 11) is 0. The minimum Gasteiger partial charge on any atom is -0.462 e. The Kier molecular flexibility index (Phi) is 40.9. The monoisotopic (exact) mass is 707 g/mol. The van der Waals surface area contributed by atoms with Crippen LogP contribution in [0.2, 0.25) is 0 Å². The Morgan fingerprint density at radius 2 is 0.780 bits per heavy atom. The number of carbonyl (C=O) groups is 2. The molecule has 0 fully saturated rings. The van der Waals surface area contributed by atoms with Crippen LogP contribution in [-0.2, 0) is 19.1 Å². The first-order chi connectivity index (χ1) is 24.6. The zero-order chi connectivity index (χ0) is 36.4. The number of aliphatic hydroxyl groups excluding tert-OH is 1. The number of aliphatic hydroxyl groups is 1.